The van der Waals surface area contributed by atoms with Crippen molar-refractivity contribution < 1.29 is 9.90 Å². The first-order valence-corrected chi connectivity index (χ1v) is 8.25. The fraction of sp³-hybridized carbons (Fsp3) is 0.625. The number of nitrogens with one attached hydrogen (secondary N) is 1. The SMILES string of the molecule is O=C(CN1CCN(Cc2cc(=O)c(O)c[nH]2)CC1)N1CCCC1. The van der Waals surface area contributed by atoms with Gasteiger partial charge >= 0.3 is 0 Å². The molecule has 126 valence electrons. The monoisotopic (exact) mass is 320 g/mol. The minimum absolute atomic E-state index is 0.249. The van der Waals surface area contributed by atoms with Gasteiger partial charge in [-0.25, -0.2) is 0 Å². The van der Waals surface area contributed by atoms with Gasteiger partial charge in [-0.1, -0.05) is 0 Å². The second kappa shape index (κ2) is 7.14. The van der Waals surface area contributed by atoms with Crippen LogP contribution in [0, 0.1) is 0 Å². The van der Waals surface area contributed by atoms with Gasteiger partial charge in [0.25, 0.3) is 0 Å². The summed E-state index contributed by atoms with van der Waals surface area (Å²) in [6.07, 6.45) is 3.59. The maximum atomic E-state index is 12.2. The van der Waals surface area contributed by atoms with Gasteiger partial charge in [0.05, 0.1) is 6.54 Å². The van der Waals surface area contributed by atoms with Crippen molar-refractivity contribution in [2.45, 2.75) is 19.4 Å². The molecule has 3 heterocycles. The maximum absolute atomic E-state index is 12.2. The van der Waals surface area contributed by atoms with E-state index in [-0.39, 0.29) is 17.1 Å². The van der Waals surface area contributed by atoms with Crippen LogP contribution in [0.4, 0.5) is 0 Å². The van der Waals surface area contributed by atoms with Crippen molar-refractivity contribution >= 4 is 5.91 Å². The quantitative estimate of drug-likeness (QED) is 0.804. The second-order valence-corrected chi connectivity index (χ2v) is 6.35. The van der Waals surface area contributed by atoms with Gasteiger partial charge in [-0.05, 0) is 12.8 Å². The molecule has 23 heavy (non-hydrogen) atoms. The molecule has 0 unspecified atom stereocenters. The van der Waals surface area contributed by atoms with Crippen LogP contribution in [0.15, 0.2) is 17.1 Å². The number of piperazine rings is 1. The van der Waals surface area contributed by atoms with E-state index in [0.717, 1.165) is 57.8 Å². The first-order valence-electron chi connectivity index (χ1n) is 8.25. The summed E-state index contributed by atoms with van der Waals surface area (Å²) in [6.45, 7) is 6.46. The minimum Gasteiger partial charge on any atom is -0.503 e. The summed E-state index contributed by atoms with van der Waals surface area (Å²) in [6, 6.07) is 1.44. The molecule has 2 fully saturated rings. The Morgan fingerprint density at radius 3 is 2.39 bits per heavy atom. The van der Waals surface area contributed by atoms with Crippen LogP contribution in [0.2, 0.25) is 0 Å². The lowest BCUT2D eigenvalue weighted by atomic mass is 10.2. The molecule has 7 heteroatoms. The van der Waals surface area contributed by atoms with Gasteiger partial charge in [-0.2, -0.15) is 0 Å². The third-order valence-corrected chi connectivity index (χ3v) is 4.63. The zero-order valence-electron chi connectivity index (χ0n) is 13.3. The number of likely N-dealkylation sites (tertiary alicyclic amines) is 1. The first kappa shape index (κ1) is 16.0. The summed E-state index contributed by atoms with van der Waals surface area (Å²) < 4.78 is 0. The third kappa shape index (κ3) is 4.11. The topological polar surface area (TPSA) is 79.9 Å². The average molecular weight is 320 g/mol. The lowest BCUT2D eigenvalue weighted by molar-refractivity contribution is -0.131. The van der Waals surface area contributed by atoms with E-state index in [0.29, 0.717) is 13.1 Å². The summed E-state index contributed by atoms with van der Waals surface area (Å²) in [5, 5.41) is 9.26. The largest absolute Gasteiger partial charge is 0.503 e. The van der Waals surface area contributed by atoms with E-state index in [9.17, 15) is 14.7 Å². The van der Waals surface area contributed by atoms with E-state index in [1.54, 1.807) is 0 Å². The Hall–Kier alpha value is -1.86. The molecule has 3 rings (SSSR count). The van der Waals surface area contributed by atoms with E-state index in [4.69, 9.17) is 0 Å². The predicted molar refractivity (Wildman–Crippen MR) is 86.3 cm³/mol. The number of carbonyl (C=O) groups excluding carboxylic acids is 1. The fourth-order valence-electron chi connectivity index (χ4n) is 3.20. The van der Waals surface area contributed by atoms with E-state index in [2.05, 4.69) is 14.8 Å². The Labute approximate surface area is 135 Å². The number of hydrogen-bond acceptors (Lipinski definition) is 5. The molecule has 0 aromatic carbocycles. The van der Waals surface area contributed by atoms with Crippen molar-refractivity contribution in [1.29, 1.82) is 0 Å². The number of aromatic hydroxyl groups is 1. The van der Waals surface area contributed by atoms with Gasteiger partial charge in [0, 0.05) is 63.8 Å². The molecule has 0 radical (unpaired) electrons. The van der Waals surface area contributed by atoms with E-state index >= 15 is 0 Å². The van der Waals surface area contributed by atoms with Crippen molar-refractivity contribution in [3.05, 3.63) is 28.2 Å². The van der Waals surface area contributed by atoms with Crippen molar-refractivity contribution in [1.82, 2.24) is 19.7 Å². The summed E-state index contributed by atoms with van der Waals surface area (Å²) in [4.78, 5) is 33.0. The van der Waals surface area contributed by atoms with Crippen LogP contribution in [0.3, 0.4) is 0 Å². The predicted octanol–water partition coefficient (Wildman–Crippen LogP) is -0.179. The highest BCUT2D eigenvalue weighted by molar-refractivity contribution is 5.78. The van der Waals surface area contributed by atoms with Gasteiger partial charge in [-0.3, -0.25) is 19.4 Å². The van der Waals surface area contributed by atoms with Crippen LogP contribution in [0.1, 0.15) is 18.5 Å². The van der Waals surface area contributed by atoms with Crippen LogP contribution >= 0.6 is 0 Å². The lowest BCUT2D eigenvalue weighted by Gasteiger charge is -2.34. The molecule has 2 aliphatic rings. The molecule has 0 spiro atoms. The molecule has 0 atom stereocenters. The van der Waals surface area contributed by atoms with Gasteiger partial charge in [-0.15, -0.1) is 0 Å². The molecule has 1 aromatic heterocycles. The number of hydrogen-bond donors (Lipinski definition) is 2. The van der Waals surface area contributed by atoms with Crippen LogP contribution in [0.5, 0.6) is 5.75 Å². The van der Waals surface area contributed by atoms with Crippen LogP contribution < -0.4 is 5.43 Å². The number of pyridine rings is 1. The molecule has 2 aliphatic heterocycles. The molecule has 1 aromatic rings. The highest BCUT2D eigenvalue weighted by Crippen LogP contribution is 2.10. The number of aromatic amines is 1. The Morgan fingerprint density at radius 2 is 1.74 bits per heavy atom. The Balaban J connectivity index is 1.45. The fourth-order valence-corrected chi connectivity index (χ4v) is 3.20. The van der Waals surface area contributed by atoms with Crippen molar-refractivity contribution in [3.63, 3.8) is 0 Å². The molecule has 2 saturated heterocycles. The highest BCUT2D eigenvalue weighted by atomic mass is 16.3. The Morgan fingerprint density at radius 1 is 1.09 bits per heavy atom. The molecule has 7 nitrogen and oxygen atoms in total. The number of carbonyl (C=O) groups is 1. The summed E-state index contributed by atoms with van der Waals surface area (Å²) >= 11 is 0. The Kier molecular flexibility index (Phi) is 4.97. The molecular formula is C16H24N4O3. The molecular weight excluding hydrogens is 296 g/mol. The molecule has 2 N–H and O–H groups in total. The molecule has 1 amide bonds. The molecule has 0 saturated carbocycles. The second-order valence-electron chi connectivity index (χ2n) is 6.35. The number of nitrogens with zero attached hydrogens (tertiary/aromatic N) is 3. The van der Waals surface area contributed by atoms with Gasteiger partial charge < -0.3 is 15.0 Å². The number of aromatic nitrogens is 1. The molecule has 0 aliphatic carbocycles. The normalized spacial score (nSPS) is 20.1. The summed E-state index contributed by atoms with van der Waals surface area (Å²) in [7, 11) is 0. The number of H-pyrrole nitrogens is 1. The first-order chi connectivity index (χ1) is 11.1. The van der Waals surface area contributed by atoms with E-state index in [1.807, 2.05) is 4.90 Å². The summed E-state index contributed by atoms with van der Waals surface area (Å²) in [5.74, 6) is -0.00203. The number of amides is 1. The zero-order chi connectivity index (χ0) is 16.2. The molecule has 0 bridgehead atoms. The smallest absolute Gasteiger partial charge is 0.236 e. The lowest BCUT2D eigenvalue weighted by Crippen LogP contribution is -2.49. The minimum atomic E-state index is -0.353. The van der Waals surface area contributed by atoms with Gasteiger partial charge in [0.1, 0.15) is 0 Å². The third-order valence-electron chi connectivity index (χ3n) is 4.63. The standard InChI is InChI=1S/C16H24N4O3/c21-14-9-13(17-10-15(14)22)11-18-5-7-19(8-6-18)12-16(23)20-3-1-2-4-20/h9-10,22H,1-8,11-12H2,(H,17,21). The van der Waals surface area contributed by atoms with E-state index < -0.39 is 0 Å². The van der Waals surface area contributed by atoms with Gasteiger partial charge in [0.2, 0.25) is 11.3 Å². The highest BCUT2D eigenvalue weighted by Gasteiger charge is 2.23. The average Bonchev–Trinajstić information content (AvgIpc) is 3.07. The van der Waals surface area contributed by atoms with Crippen LogP contribution in [0.25, 0.3) is 0 Å². The van der Waals surface area contributed by atoms with Crippen molar-refractivity contribution in [2.24, 2.45) is 0 Å². The van der Waals surface area contributed by atoms with Crippen molar-refractivity contribution in [2.75, 3.05) is 45.8 Å². The maximum Gasteiger partial charge on any atom is 0.236 e. The Bertz CT molecular complexity index is 602. The van der Waals surface area contributed by atoms with E-state index in [1.165, 1.54) is 12.3 Å². The van der Waals surface area contributed by atoms with Crippen molar-refractivity contribution in [3.8, 4) is 5.75 Å². The van der Waals surface area contributed by atoms with Gasteiger partial charge in [0.15, 0.2) is 5.75 Å². The number of rotatable bonds is 4. The van der Waals surface area contributed by atoms with Crippen LogP contribution in [-0.2, 0) is 11.3 Å². The zero-order valence-corrected chi connectivity index (χ0v) is 13.3. The summed E-state index contributed by atoms with van der Waals surface area (Å²) in [5.41, 5.74) is 0.447. The van der Waals surface area contributed by atoms with Crippen LogP contribution in [-0.4, -0.2) is 76.5 Å².